The van der Waals surface area contributed by atoms with Crippen molar-refractivity contribution in [3.05, 3.63) is 59.7 Å². The Morgan fingerprint density at radius 3 is 0.447 bits per heavy atom. The van der Waals surface area contributed by atoms with Crippen LogP contribution in [0.5, 0.6) is 0 Å². The summed E-state index contributed by atoms with van der Waals surface area (Å²) in [5.74, 6) is -2.30. The van der Waals surface area contributed by atoms with E-state index in [1.54, 1.807) is 0 Å². The van der Waals surface area contributed by atoms with Gasteiger partial charge in [-0.25, -0.2) is 18.0 Å². The number of aromatic carboxylic acids is 2. The van der Waals surface area contributed by atoms with Crippen LogP contribution in [0.3, 0.4) is 0 Å². The van der Waals surface area contributed by atoms with Crippen molar-refractivity contribution in [1.82, 2.24) is 0 Å². The summed E-state index contributed by atoms with van der Waals surface area (Å²) in [6.45, 7) is 30.6. The van der Waals surface area contributed by atoms with Crippen molar-refractivity contribution in [2.75, 3.05) is 52.4 Å². The first-order valence-corrected chi connectivity index (χ1v) is 47.4. The molecule has 0 saturated carbocycles. The van der Waals surface area contributed by atoms with Gasteiger partial charge < -0.3 is 19.2 Å². The lowest BCUT2D eigenvalue weighted by Gasteiger charge is -2.40. The minimum atomic E-state index is -3.81. The summed E-state index contributed by atoms with van der Waals surface area (Å²) >= 11 is 0. The zero-order chi connectivity index (χ0) is 75.5. The Hall–Kier alpha value is -2.75. The molecular weight excluding hydrogens is 1290 g/mol. The molecule has 604 valence electrons. The van der Waals surface area contributed by atoms with Crippen molar-refractivity contribution in [2.45, 2.75) is 476 Å². The predicted molar refractivity (Wildman–Crippen MR) is 453 cm³/mol. The van der Waals surface area contributed by atoms with Gasteiger partial charge in [0.05, 0.1) is 73.3 Å². The van der Waals surface area contributed by atoms with Gasteiger partial charge in [0.25, 0.3) is 0 Å². The number of carboxylic acid groups (broad SMARTS) is 2. The molecule has 0 saturated heterocycles. The third kappa shape index (κ3) is 59.8. The summed E-state index contributed by atoms with van der Waals surface area (Å²) in [6, 6.07) is 9.57. The molecule has 2 aromatic rings. The van der Waals surface area contributed by atoms with E-state index in [0.717, 1.165) is 0 Å². The molecule has 0 amide bonds. The van der Waals surface area contributed by atoms with Crippen molar-refractivity contribution in [2.24, 2.45) is 0 Å². The van der Waals surface area contributed by atoms with E-state index in [2.05, 4.69) is 55.4 Å². The van der Waals surface area contributed by atoms with Crippen molar-refractivity contribution >= 4 is 21.8 Å². The van der Waals surface area contributed by atoms with Crippen LogP contribution in [0, 0.1) is 0 Å². The first-order chi connectivity index (χ1) is 50.3. The van der Waals surface area contributed by atoms with Gasteiger partial charge in [0, 0.05) is 0 Å². The van der Waals surface area contributed by atoms with E-state index in [9.17, 15) is 18.0 Å². The molecule has 0 unspecified atom stereocenters. The highest BCUT2D eigenvalue weighted by molar-refractivity contribution is 7.91. The molecule has 0 bridgehead atoms. The molecule has 0 aliphatic rings. The van der Waals surface area contributed by atoms with Crippen LogP contribution < -0.4 is 0 Å². The maximum Gasteiger partial charge on any atom is 0.335 e. The topological polar surface area (TPSA) is 109 Å². The van der Waals surface area contributed by atoms with E-state index in [4.69, 9.17) is 10.2 Å². The number of unbranched alkanes of at least 4 members (excludes halogenated alkanes) is 56. The highest BCUT2D eigenvalue weighted by Gasteiger charge is 2.28. The number of quaternary nitrogens is 2. The minimum absolute atomic E-state index is 0.0184. The molecular formula is C94H178N2O6S+2. The number of rotatable bonds is 76. The fraction of sp³-hybridized carbons (Fsp3) is 0.851. The molecule has 0 aliphatic carbocycles. The number of hydrogen-bond acceptors (Lipinski definition) is 4. The van der Waals surface area contributed by atoms with Gasteiger partial charge in [-0.05, 0) is 151 Å². The third-order valence-electron chi connectivity index (χ3n) is 22.7. The fourth-order valence-electron chi connectivity index (χ4n) is 15.7. The van der Waals surface area contributed by atoms with Crippen LogP contribution >= 0.6 is 0 Å². The number of nitrogens with zero attached hydrogens (tertiary/aromatic N) is 2. The lowest BCUT2D eigenvalue weighted by atomic mass is 10.0. The smallest absolute Gasteiger partial charge is 0.335 e. The van der Waals surface area contributed by atoms with Crippen molar-refractivity contribution in [3.8, 4) is 0 Å². The van der Waals surface area contributed by atoms with Crippen molar-refractivity contribution in [1.29, 1.82) is 0 Å². The highest BCUT2D eigenvalue weighted by Crippen LogP contribution is 2.26. The Kier molecular flexibility index (Phi) is 72.7. The average molecular weight is 1460 g/mol. The van der Waals surface area contributed by atoms with Crippen molar-refractivity contribution in [3.63, 3.8) is 0 Å². The number of sulfone groups is 1. The van der Waals surface area contributed by atoms with Gasteiger partial charge in [-0.15, -0.1) is 0 Å². The molecule has 0 fully saturated rings. The molecule has 0 aliphatic heterocycles. The van der Waals surface area contributed by atoms with E-state index < -0.39 is 21.8 Å². The summed E-state index contributed by atoms with van der Waals surface area (Å²) in [5, 5.41) is 17.5. The zero-order valence-electron chi connectivity index (χ0n) is 70.4. The predicted octanol–water partition coefficient (Wildman–Crippen LogP) is 30.6. The molecule has 2 rings (SSSR count). The Labute approximate surface area is 643 Å². The van der Waals surface area contributed by atoms with Crippen LogP contribution in [0.4, 0.5) is 0 Å². The minimum Gasteiger partial charge on any atom is -0.478 e. The SMILES string of the molecule is CCCCCCCCCC[N+](CCCCCCCCCC)(CCCCCCCCCC)CCCCCCCCCC.CCCCCCCCCC[N+](CCCCCCCCCC)(CCCCCCCCCC)CCCCCCCCCC.O=C(O)c1ccc(S(=O)(=O)c2ccc(C(=O)O)cc2)cc1. The Morgan fingerprint density at radius 1 is 0.214 bits per heavy atom. The lowest BCUT2D eigenvalue weighted by Crippen LogP contribution is -2.50. The molecule has 0 spiro atoms. The molecule has 2 N–H and O–H groups in total. The summed E-state index contributed by atoms with van der Waals surface area (Å²) in [6.07, 6.45) is 93.5. The Balaban J connectivity index is 0.00000159. The van der Waals surface area contributed by atoms with Crippen LogP contribution in [0.15, 0.2) is 58.3 Å². The summed E-state index contributed by atoms with van der Waals surface area (Å²) in [4.78, 5) is 21.3. The second-order valence-electron chi connectivity index (χ2n) is 32.4. The maximum absolute atomic E-state index is 12.3. The molecule has 0 atom stereocenters. The fourth-order valence-corrected chi connectivity index (χ4v) is 16.9. The second-order valence-corrected chi connectivity index (χ2v) is 34.4. The van der Waals surface area contributed by atoms with Gasteiger partial charge in [0.1, 0.15) is 0 Å². The lowest BCUT2D eigenvalue weighted by molar-refractivity contribution is -0.929. The van der Waals surface area contributed by atoms with Crippen LogP contribution in [0.25, 0.3) is 0 Å². The number of benzene rings is 2. The second kappa shape index (κ2) is 74.7. The summed E-state index contributed by atoms with van der Waals surface area (Å²) < 4.78 is 27.6. The zero-order valence-corrected chi connectivity index (χ0v) is 71.2. The van der Waals surface area contributed by atoms with E-state index in [1.807, 2.05) is 0 Å². The largest absolute Gasteiger partial charge is 0.478 e. The van der Waals surface area contributed by atoms with E-state index in [1.165, 1.54) is 521 Å². The maximum atomic E-state index is 12.3. The monoisotopic (exact) mass is 1460 g/mol. The highest BCUT2D eigenvalue weighted by atomic mass is 32.2. The molecule has 8 nitrogen and oxygen atoms in total. The molecule has 0 radical (unpaired) electrons. The van der Waals surface area contributed by atoms with Gasteiger partial charge in [-0.3, -0.25) is 0 Å². The Bertz CT molecular complexity index is 1880. The van der Waals surface area contributed by atoms with Gasteiger partial charge in [0.2, 0.25) is 9.84 Å². The quantitative estimate of drug-likeness (QED) is 0.0504. The van der Waals surface area contributed by atoms with Gasteiger partial charge in [-0.1, -0.05) is 364 Å². The van der Waals surface area contributed by atoms with Gasteiger partial charge in [0.15, 0.2) is 0 Å². The van der Waals surface area contributed by atoms with Gasteiger partial charge in [-0.2, -0.15) is 0 Å². The molecule has 9 heteroatoms. The van der Waals surface area contributed by atoms with E-state index >= 15 is 0 Å². The molecule has 0 aromatic heterocycles. The first kappa shape index (κ1) is 100. The van der Waals surface area contributed by atoms with Crippen LogP contribution in [-0.4, -0.2) is 91.9 Å². The van der Waals surface area contributed by atoms with E-state index in [0.29, 0.717) is 0 Å². The summed E-state index contributed by atoms with van der Waals surface area (Å²) in [7, 11) is -3.81. The van der Waals surface area contributed by atoms with Gasteiger partial charge >= 0.3 is 11.9 Å². The summed E-state index contributed by atoms with van der Waals surface area (Å²) in [5.41, 5.74) is -0.0367. The molecule has 2 aromatic carbocycles. The first-order valence-electron chi connectivity index (χ1n) is 45.9. The third-order valence-corrected chi connectivity index (χ3v) is 24.5. The van der Waals surface area contributed by atoms with Crippen LogP contribution in [0.2, 0.25) is 0 Å². The average Bonchev–Trinajstić information content (AvgIpc) is 0.825. The van der Waals surface area contributed by atoms with Crippen LogP contribution in [0.1, 0.15) is 487 Å². The normalized spacial score (nSPS) is 11.8. The van der Waals surface area contributed by atoms with E-state index in [-0.39, 0.29) is 20.9 Å². The van der Waals surface area contributed by atoms with Crippen molar-refractivity contribution < 1.29 is 37.2 Å². The number of hydrogen-bond donors (Lipinski definition) is 2. The number of carbonyl (C=O) groups is 2. The standard InChI is InChI=1S/2C40H84N.C14H10O6S/c2*1-5-9-13-17-21-25-29-33-37-41(38-34-30-26-22-18-14-10-6-2,39-35-31-27-23-19-15-11-7-3)40-36-32-28-24-20-16-12-8-4;15-13(16)9-1-5-11(6-2-9)21(19,20)12-7-3-10(4-8-12)14(17)18/h2*5-40H2,1-4H3;1-8H,(H,15,16)(H,17,18)/q2*+1;. The molecule has 0 heterocycles. The molecule has 103 heavy (non-hydrogen) atoms. The number of carboxylic acids is 2. The Morgan fingerprint density at radius 2 is 0.330 bits per heavy atom. The van der Waals surface area contributed by atoms with Crippen LogP contribution in [-0.2, 0) is 9.84 Å².